The smallest absolute Gasteiger partial charge is 0.245 e. The zero-order valence-corrected chi connectivity index (χ0v) is 27.3. The SMILES string of the molecule is COP(=O)(CN1CCN(CP(=O)(OC)c2ccccc2)CCN(CP(=O)(OC)c2ccccc2)CC1)c1ccccc1. The van der Waals surface area contributed by atoms with Gasteiger partial charge in [0, 0.05) is 76.5 Å². The fourth-order valence-corrected chi connectivity index (χ4v) is 10.9. The van der Waals surface area contributed by atoms with Crippen molar-refractivity contribution >= 4 is 38.0 Å². The van der Waals surface area contributed by atoms with Crippen molar-refractivity contribution in [2.45, 2.75) is 0 Å². The molecule has 0 radical (unpaired) electrons. The third-order valence-corrected chi connectivity index (χ3v) is 15.0. The van der Waals surface area contributed by atoms with Crippen LogP contribution in [-0.2, 0) is 27.3 Å². The van der Waals surface area contributed by atoms with E-state index >= 15 is 0 Å². The molecule has 0 saturated carbocycles. The molecule has 9 nitrogen and oxygen atoms in total. The van der Waals surface area contributed by atoms with Crippen molar-refractivity contribution in [3.8, 4) is 0 Å². The van der Waals surface area contributed by atoms with E-state index in [0.29, 0.717) is 55.2 Å². The van der Waals surface area contributed by atoms with Crippen LogP contribution < -0.4 is 15.9 Å². The van der Waals surface area contributed by atoms with Gasteiger partial charge in [-0.05, 0) is 36.4 Å². The summed E-state index contributed by atoms with van der Waals surface area (Å²) in [5, 5.41) is 2.01. The zero-order valence-electron chi connectivity index (χ0n) is 24.7. The van der Waals surface area contributed by atoms with Gasteiger partial charge in [-0.3, -0.25) is 28.4 Å². The van der Waals surface area contributed by atoms with Crippen molar-refractivity contribution in [2.24, 2.45) is 0 Å². The number of hydrogen-bond acceptors (Lipinski definition) is 9. The minimum absolute atomic E-state index is 0.233. The van der Waals surface area contributed by atoms with Crippen LogP contribution in [0.2, 0.25) is 0 Å². The summed E-state index contributed by atoms with van der Waals surface area (Å²) >= 11 is 0. The van der Waals surface area contributed by atoms with Gasteiger partial charge in [0.15, 0.2) is 0 Å². The van der Waals surface area contributed by atoms with Crippen LogP contribution in [0.4, 0.5) is 0 Å². The largest absolute Gasteiger partial charge is 0.328 e. The van der Waals surface area contributed by atoms with E-state index in [-0.39, 0.29) is 18.9 Å². The Kier molecular flexibility index (Phi) is 12.0. The second-order valence-corrected chi connectivity index (χ2v) is 17.9. The molecule has 0 N–H and O–H groups in total. The molecule has 12 heteroatoms. The van der Waals surface area contributed by atoms with Crippen LogP contribution in [0.25, 0.3) is 0 Å². The van der Waals surface area contributed by atoms with Crippen molar-refractivity contribution in [3.05, 3.63) is 91.0 Å². The lowest BCUT2D eigenvalue weighted by atomic mass is 10.4. The Balaban J connectivity index is 1.60. The maximum atomic E-state index is 14.0. The summed E-state index contributed by atoms with van der Waals surface area (Å²) in [4.78, 5) is 6.38. The maximum Gasteiger partial charge on any atom is 0.245 e. The van der Waals surface area contributed by atoms with Gasteiger partial charge in [-0.15, -0.1) is 0 Å². The summed E-state index contributed by atoms with van der Waals surface area (Å²) in [5.41, 5.74) is 0. The van der Waals surface area contributed by atoms with Crippen molar-refractivity contribution in [1.82, 2.24) is 14.7 Å². The molecular weight excluding hydrogens is 591 g/mol. The molecule has 0 amide bonds. The van der Waals surface area contributed by atoms with Crippen molar-refractivity contribution in [3.63, 3.8) is 0 Å². The number of rotatable bonds is 12. The molecule has 42 heavy (non-hydrogen) atoms. The van der Waals surface area contributed by atoms with Gasteiger partial charge < -0.3 is 13.6 Å². The highest BCUT2D eigenvalue weighted by Gasteiger charge is 2.33. The third kappa shape index (κ3) is 8.39. The number of hydrogen-bond donors (Lipinski definition) is 0. The third-order valence-electron chi connectivity index (χ3n) is 7.69. The Morgan fingerprint density at radius 2 is 0.667 bits per heavy atom. The maximum absolute atomic E-state index is 14.0. The van der Waals surface area contributed by atoms with Crippen LogP contribution in [0, 0.1) is 0 Å². The molecule has 1 heterocycles. The van der Waals surface area contributed by atoms with E-state index < -0.39 is 22.1 Å². The lowest BCUT2D eigenvalue weighted by Crippen LogP contribution is -2.38. The van der Waals surface area contributed by atoms with Gasteiger partial charge in [0.25, 0.3) is 0 Å². The molecule has 3 atom stereocenters. The molecule has 3 aromatic carbocycles. The van der Waals surface area contributed by atoms with Crippen LogP contribution in [0.1, 0.15) is 0 Å². The summed E-state index contributed by atoms with van der Waals surface area (Å²) in [6, 6.07) is 27.9. The second-order valence-electron chi connectivity index (χ2n) is 10.4. The predicted octanol–water partition coefficient (Wildman–Crippen LogP) is 4.53. The first-order chi connectivity index (χ1) is 20.2. The topological polar surface area (TPSA) is 88.6 Å². The monoisotopic (exact) mass is 633 g/mol. The molecule has 0 spiro atoms. The molecule has 0 bridgehead atoms. The molecule has 3 aromatic rings. The predicted molar refractivity (Wildman–Crippen MR) is 171 cm³/mol. The van der Waals surface area contributed by atoms with Gasteiger partial charge in [0.05, 0.1) is 18.9 Å². The summed E-state index contributed by atoms with van der Waals surface area (Å²) in [6.45, 7) is 3.54. The van der Waals surface area contributed by atoms with Crippen LogP contribution in [0.5, 0.6) is 0 Å². The van der Waals surface area contributed by atoms with E-state index in [2.05, 4.69) is 14.7 Å². The molecule has 0 aliphatic carbocycles. The van der Waals surface area contributed by atoms with Crippen molar-refractivity contribution in [1.29, 1.82) is 0 Å². The van der Waals surface area contributed by atoms with Crippen LogP contribution in [-0.4, -0.2) is 94.2 Å². The Morgan fingerprint density at radius 3 is 0.857 bits per heavy atom. The highest BCUT2D eigenvalue weighted by molar-refractivity contribution is 7.67. The first kappa shape index (κ1) is 33.0. The van der Waals surface area contributed by atoms with Gasteiger partial charge >= 0.3 is 0 Å². The van der Waals surface area contributed by atoms with E-state index in [1.165, 1.54) is 21.3 Å². The molecule has 228 valence electrons. The Bertz CT molecular complexity index is 1220. The van der Waals surface area contributed by atoms with Gasteiger partial charge in [0.1, 0.15) is 0 Å². The normalized spacial score (nSPS) is 20.4. The summed E-state index contributed by atoms with van der Waals surface area (Å²) < 4.78 is 59.0. The first-order valence-electron chi connectivity index (χ1n) is 14.0. The quantitative estimate of drug-likeness (QED) is 0.267. The van der Waals surface area contributed by atoms with Gasteiger partial charge in [0.2, 0.25) is 22.1 Å². The number of nitrogens with zero attached hydrogens (tertiary/aromatic N) is 3. The molecular formula is C30H42N3O6P3. The lowest BCUT2D eigenvalue weighted by Gasteiger charge is -2.30. The standard InChI is InChI=1S/C30H42N3O6P3/c1-37-40(34,28-13-7-4-8-14-28)25-31-19-21-32(26-41(35,38-2)29-15-9-5-10-16-29)23-24-33(22-20-31)27-42(36,39-3)30-17-11-6-12-18-30/h4-18H,19-27H2,1-3H3. The van der Waals surface area contributed by atoms with Gasteiger partial charge in [-0.25, -0.2) is 0 Å². The molecule has 4 rings (SSSR count). The summed E-state index contributed by atoms with van der Waals surface area (Å²) in [7, 11) is -5.03. The van der Waals surface area contributed by atoms with E-state index in [9.17, 15) is 13.7 Å². The fourth-order valence-electron chi connectivity index (χ4n) is 5.10. The van der Waals surface area contributed by atoms with Crippen molar-refractivity contribution in [2.75, 3.05) is 79.5 Å². The molecule has 3 unspecified atom stereocenters. The van der Waals surface area contributed by atoms with Gasteiger partial charge in [-0.2, -0.15) is 0 Å². The summed E-state index contributed by atoms with van der Waals surface area (Å²) in [6.07, 6.45) is 0.698. The van der Waals surface area contributed by atoms with Crippen LogP contribution >= 0.6 is 22.1 Å². The first-order valence-corrected chi connectivity index (χ1v) is 19.4. The molecule has 0 aromatic heterocycles. The van der Waals surface area contributed by atoms with Crippen LogP contribution in [0.15, 0.2) is 91.0 Å². The average molecular weight is 634 g/mol. The zero-order chi connectivity index (χ0) is 30.1. The fraction of sp³-hybridized carbons (Fsp3) is 0.400. The summed E-state index contributed by atoms with van der Waals surface area (Å²) in [5.74, 6) is 0. The Labute approximate surface area is 250 Å². The molecule has 1 aliphatic rings. The van der Waals surface area contributed by atoms with E-state index in [0.717, 1.165) is 0 Å². The molecule has 1 aliphatic heterocycles. The lowest BCUT2D eigenvalue weighted by molar-refractivity contribution is 0.244. The number of benzene rings is 3. The highest BCUT2D eigenvalue weighted by Crippen LogP contribution is 2.48. The van der Waals surface area contributed by atoms with E-state index in [1.54, 1.807) is 0 Å². The van der Waals surface area contributed by atoms with Crippen LogP contribution in [0.3, 0.4) is 0 Å². The average Bonchev–Trinajstić information content (AvgIpc) is 3.13. The van der Waals surface area contributed by atoms with Crippen molar-refractivity contribution < 1.29 is 27.3 Å². The highest BCUT2D eigenvalue weighted by atomic mass is 31.2. The molecule has 1 saturated heterocycles. The van der Waals surface area contributed by atoms with E-state index in [4.69, 9.17) is 13.6 Å². The van der Waals surface area contributed by atoms with Gasteiger partial charge in [-0.1, -0.05) is 54.6 Å². The minimum atomic E-state index is -3.17. The van der Waals surface area contributed by atoms with E-state index in [1.807, 2.05) is 91.0 Å². The molecule has 1 fully saturated rings. The minimum Gasteiger partial charge on any atom is -0.328 e. The second kappa shape index (κ2) is 15.2. The Morgan fingerprint density at radius 1 is 0.452 bits per heavy atom. The Hall–Kier alpha value is -1.89.